The number of benzene rings is 1. The second-order valence-electron chi connectivity index (χ2n) is 3.55. The van der Waals surface area contributed by atoms with E-state index in [4.69, 9.17) is 9.15 Å². The van der Waals surface area contributed by atoms with Gasteiger partial charge in [0.25, 0.3) is 5.91 Å². The molecule has 0 aliphatic rings. The van der Waals surface area contributed by atoms with Gasteiger partial charge in [-0.25, -0.2) is 9.82 Å². The van der Waals surface area contributed by atoms with Crippen LogP contribution in [0.3, 0.4) is 0 Å². The Hall–Kier alpha value is -2.63. The lowest BCUT2D eigenvalue weighted by Gasteiger charge is -2.04. The molecule has 0 atom stereocenters. The minimum Gasteiger partial charge on any atom is -0.484 e. The molecule has 0 aliphatic carbocycles. The lowest BCUT2D eigenvalue weighted by atomic mass is 10.3. The molecule has 1 amide bonds. The maximum absolute atomic E-state index is 12.6. The lowest BCUT2D eigenvalue weighted by molar-refractivity contribution is -0.123. The van der Waals surface area contributed by atoms with E-state index in [-0.39, 0.29) is 12.4 Å². The molecule has 2 aromatic rings. The standard InChI is InChI=1S/C13H11FN2O3.C2H6/c14-10-3-5-11(6-4-10)19-9-13(17)16-15-8-12-2-1-7-18-12;1-2/h1-8H,9H2,(H,16,17);1-2H3/b15-8+;. The molecule has 0 saturated carbocycles. The molecule has 0 fully saturated rings. The fourth-order valence-corrected chi connectivity index (χ4v) is 1.24. The lowest BCUT2D eigenvalue weighted by Crippen LogP contribution is -2.24. The van der Waals surface area contributed by atoms with Gasteiger partial charge in [-0.3, -0.25) is 4.79 Å². The van der Waals surface area contributed by atoms with Crippen LogP contribution in [-0.4, -0.2) is 18.7 Å². The molecular weight excluding hydrogens is 275 g/mol. The molecule has 1 aromatic heterocycles. The molecule has 0 bridgehead atoms. The molecule has 0 aliphatic heterocycles. The van der Waals surface area contributed by atoms with Crippen LogP contribution in [0.5, 0.6) is 5.75 Å². The zero-order valence-corrected chi connectivity index (χ0v) is 11.9. The number of nitrogens with one attached hydrogen (secondary N) is 1. The second-order valence-corrected chi connectivity index (χ2v) is 3.55. The van der Waals surface area contributed by atoms with Gasteiger partial charge in [0.15, 0.2) is 6.61 Å². The highest BCUT2D eigenvalue weighted by molar-refractivity contribution is 5.81. The number of carbonyl (C=O) groups is 1. The van der Waals surface area contributed by atoms with Gasteiger partial charge in [0, 0.05) is 0 Å². The SMILES string of the molecule is CC.O=C(COc1ccc(F)cc1)N/N=C/c1ccco1. The van der Waals surface area contributed by atoms with E-state index in [1.807, 2.05) is 13.8 Å². The van der Waals surface area contributed by atoms with Gasteiger partial charge in [-0.15, -0.1) is 0 Å². The van der Waals surface area contributed by atoms with Gasteiger partial charge in [0.05, 0.1) is 12.5 Å². The van der Waals surface area contributed by atoms with Crippen molar-refractivity contribution in [2.75, 3.05) is 6.61 Å². The predicted octanol–water partition coefficient (Wildman–Crippen LogP) is 2.97. The Morgan fingerprint density at radius 3 is 2.67 bits per heavy atom. The fraction of sp³-hybridized carbons (Fsp3) is 0.200. The van der Waals surface area contributed by atoms with Gasteiger partial charge in [0.2, 0.25) is 0 Å². The highest BCUT2D eigenvalue weighted by atomic mass is 19.1. The summed E-state index contributed by atoms with van der Waals surface area (Å²) >= 11 is 0. The molecule has 112 valence electrons. The molecule has 0 unspecified atom stereocenters. The summed E-state index contributed by atoms with van der Waals surface area (Å²) in [6.07, 6.45) is 2.87. The molecule has 1 N–H and O–H groups in total. The zero-order chi connectivity index (χ0) is 15.5. The first-order valence-corrected chi connectivity index (χ1v) is 6.48. The number of amides is 1. The van der Waals surface area contributed by atoms with Gasteiger partial charge < -0.3 is 9.15 Å². The van der Waals surface area contributed by atoms with Crippen LogP contribution < -0.4 is 10.2 Å². The summed E-state index contributed by atoms with van der Waals surface area (Å²) in [4.78, 5) is 11.4. The third kappa shape index (κ3) is 6.38. The van der Waals surface area contributed by atoms with E-state index in [9.17, 15) is 9.18 Å². The summed E-state index contributed by atoms with van der Waals surface area (Å²) in [5, 5.41) is 3.68. The van der Waals surface area contributed by atoms with E-state index in [0.717, 1.165) is 0 Å². The van der Waals surface area contributed by atoms with E-state index in [0.29, 0.717) is 11.5 Å². The van der Waals surface area contributed by atoms with Crippen LogP contribution >= 0.6 is 0 Å². The quantitative estimate of drug-likeness (QED) is 0.680. The Labute approximate surface area is 122 Å². The molecule has 1 aromatic carbocycles. The fourth-order valence-electron chi connectivity index (χ4n) is 1.24. The Bertz CT molecular complexity index is 551. The van der Waals surface area contributed by atoms with Crippen molar-refractivity contribution in [2.24, 2.45) is 5.10 Å². The first-order chi connectivity index (χ1) is 10.2. The van der Waals surface area contributed by atoms with Crippen LogP contribution in [0.1, 0.15) is 19.6 Å². The van der Waals surface area contributed by atoms with Crippen molar-refractivity contribution in [2.45, 2.75) is 13.8 Å². The van der Waals surface area contributed by atoms with Gasteiger partial charge in [-0.2, -0.15) is 5.10 Å². The third-order valence-electron chi connectivity index (χ3n) is 2.11. The first-order valence-electron chi connectivity index (χ1n) is 6.48. The molecule has 1 heterocycles. The van der Waals surface area contributed by atoms with Crippen molar-refractivity contribution in [3.05, 3.63) is 54.2 Å². The maximum atomic E-state index is 12.6. The Morgan fingerprint density at radius 1 is 1.33 bits per heavy atom. The van der Waals surface area contributed by atoms with Crippen molar-refractivity contribution >= 4 is 12.1 Å². The predicted molar refractivity (Wildman–Crippen MR) is 77.7 cm³/mol. The van der Waals surface area contributed by atoms with E-state index < -0.39 is 5.91 Å². The number of nitrogens with zero attached hydrogens (tertiary/aromatic N) is 1. The number of hydrogen-bond acceptors (Lipinski definition) is 4. The third-order valence-corrected chi connectivity index (χ3v) is 2.11. The Kier molecular flexibility index (Phi) is 7.28. The average Bonchev–Trinajstić information content (AvgIpc) is 3.02. The van der Waals surface area contributed by atoms with Gasteiger partial charge in [0.1, 0.15) is 17.3 Å². The second kappa shape index (κ2) is 9.30. The smallest absolute Gasteiger partial charge is 0.277 e. The summed E-state index contributed by atoms with van der Waals surface area (Å²) in [6.45, 7) is 3.79. The normalized spacial score (nSPS) is 9.86. The minimum absolute atomic E-state index is 0.207. The van der Waals surface area contributed by atoms with E-state index in [1.165, 1.54) is 36.7 Å². The number of rotatable bonds is 5. The topological polar surface area (TPSA) is 63.8 Å². The molecule has 0 saturated heterocycles. The zero-order valence-electron chi connectivity index (χ0n) is 11.9. The monoisotopic (exact) mass is 292 g/mol. The van der Waals surface area contributed by atoms with E-state index >= 15 is 0 Å². The number of hydrogen-bond donors (Lipinski definition) is 1. The van der Waals surface area contributed by atoms with Gasteiger partial charge >= 0.3 is 0 Å². The Morgan fingerprint density at radius 2 is 2.05 bits per heavy atom. The largest absolute Gasteiger partial charge is 0.484 e. The van der Waals surface area contributed by atoms with Crippen LogP contribution in [0.25, 0.3) is 0 Å². The number of hydrazone groups is 1. The molecule has 0 spiro atoms. The molecule has 0 radical (unpaired) electrons. The minimum atomic E-state index is -0.424. The van der Waals surface area contributed by atoms with Crippen LogP contribution in [-0.2, 0) is 4.79 Å². The van der Waals surface area contributed by atoms with Crippen molar-refractivity contribution in [3.8, 4) is 5.75 Å². The molecule has 5 nitrogen and oxygen atoms in total. The van der Waals surface area contributed by atoms with Crippen molar-refractivity contribution in [3.63, 3.8) is 0 Å². The Balaban J connectivity index is 0.00000106. The van der Waals surface area contributed by atoms with Crippen LogP contribution in [0.15, 0.2) is 52.2 Å². The van der Waals surface area contributed by atoms with Gasteiger partial charge in [-0.05, 0) is 36.4 Å². The highest BCUT2D eigenvalue weighted by Crippen LogP contribution is 2.10. The summed E-state index contributed by atoms with van der Waals surface area (Å²) in [6, 6.07) is 8.79. The molecule has 2 rings (SSSR count). The number of furan rings is 1. The first kappa shape index (κ1) is 16.4. The summed E-state index contributed by atoms with van der Waals surface area (Å²) in [5.74, 6) is 0.151. The van der Waals surface area contributed by atoms with Crippen molar-refractivity contribution in [1.29, 1.82) is 0 Å². The molecule has 21 heavy (non-hydrogen) atoms. The molecule has 6 heteroatoms. The van der Waals surface area contributed by atoms with Crippen molar-refractivity contribution in [1.82, 2.24) is 5.43 Å². The van der Waals surface area contributed by atoms with Crippen molar-refractivity contribution < 1.29 is 18.3 Å². The van der Waals surface area contributed by atoms with Gasteiger partial charge in [-0.1, -0.05) is 13.8 Å². The van der Waals surface area contributed by atoms with Crippen LogP contribution in [0, 0.1) is 5.82 Å². The van der Waals surface area contributed by atoms with Crippen LogP contribution in [0.4, 0.5) is 4.39 Å². The summed E-state index contributed by atoms with van der Waals surface area (Å²) < 4.78 is 22.7. The number of carbonyl (C=O) groups excluding carboxylic acids is 1. The van der Waals surface area contributed by atoms with E-state index in [2.05, 4.69) is 10.5 Å². The highest BCUT2D eigenvalue weighted by Gasteiger charge is 2.01. The average molecular weight is 292 g/mol. The summed E-state index contributed by atoms with van der Waals surface area (Å²) in [5.41, 5.74) is 2.27. The number of ether oxygens (including phenoxy) is 1. The molecular formula is C15H17FN2O3. The van der Waals surface area contributed by atoms with E-state index in [1.54, 1.807) is 12.1 Å². The van der Waals surface area contributed by atoms with Crippen LogP contribution in [0.2, 0.25) is 0 Å². The number of halogens is 1. The maximum Gasteiger partial charge on any atom is 0.277 e. The summed E-state index contributed by atoms with van der Waals surface area (Å²) in [7, 11) is 0.